The van der Waals surface area contributed by atoms with E-state index in [4.69, 9.17) is 4.74 Å². The van der Waals surface area contributed by atoms with Crippen molar-refractivity contribution in [2.45, 2.75) is 38.6 Å². The average Bonchev–Trinajstić information content (AvgIpc) is 3.07. The van der Waals surface area contributed by atoms with Crippen molar-refractivity contribution in [1.29, 1.82) is 0 Å². The fourth-order valence-electron chi connectivity index (χ4n) is 2.89. The number of rotatable bonds is 8. The van der Waals surface area contributed by atoms with E-state index in [1.807, 2.05) is 30.3 Å². The van der Waals surface area contributed by atoms with Gasteiger partial charge in [-0.2, -0.15) is 0 Å². The van der Waals surface area contributed by atoms with E-state index >= 15 is 0 Å². The maximum absolute atomic E-state index is 12.2. The Morgan fingerprint density at radius 3 is 2.71 bits per heavy atom. The normalized spacial score (nSPS) is 17.6. The van der Waals surface area contributed by atoms with Crippen LogP contribution in [0.4, 0.5) is 0 Å². The molecule has 6 heteroatoms. The molecule has 2 N–H and O–H groups in total. The zero-order chi connectivity index (χ0) is 16.5. The Morgan fingerprint density at radius 1 is 1.33 bits per heavy atom. The Hall–Kier alpha value is -1.59. The van der Waals surface area contributed by atoms with Crippen LogP contribution in [0.5, 0.6) is 0 Å². The Bertz CT molecular complexity index is 504. The van der Waals surface area contributed by atoms with Crippen LogP contribution in [0, 0.1) is 5.92 Å². The van der Waals surface area contributed by atoms with Gasteiger partial charge in [0.2, 0.25) is 5.91 Å². The van der Waals surface area contributed by atoms with E-state index in [-0.39, 0.29) is 36.7 Å². The number of hydrogen-bond donors (Lipinski definition) is 2. The molecule has 1 aliphatic heterocycles. The number of amides is 1. The predicted molar refractivity (Wildman–Crippen MR) is 96.0 cm³/mol. The van der Waals surface area contributed by atoms with E-state index in [2.05, 4.69) is 10.6 Å². The van der Waals surface area contributed by atoms with Gasteiger partial charge in [0.25, 0.3) is 0 Å². The van der Waals surface area contributed by atoms with E-state index in [1.165, 1.54) is 0 Å². The molecule has 1 fully saturated rings. The maximum atomic E-state index is 12.2. The highest BCUT2D eigenvalue weighted by molar-refractivity contribution is 5.85. The lowest BCUT2D eigenvalue weighted by Gasteiger charge is -2.19. The van der Waals surface area contributed by atoms with Crippen LogP contribution in [-0.4, -0.2) is 31.6 Å². The standard InChI is InChI=1S/C18H26N2O3.ClH/c1-2-23-18(22)12-16(15-6-4-3-5-7-15)20-17(21)9-8-14-10-11-19-13-14;/h3-7,14,16,19H,2,8-13H2,1H3,(H,20,21);1H. The van der Waals surface area contributed by atoms with Crippen LogP contribution >= 0.6 is 12.4 Å². The number of carbonyl (C=O) groups excluding carboxylic acids is 2. The molecule has 2 unspecified atom stereocenters. The van der Waals surface area contributed by atoms with Crippen LogP contribution in [-0.2, 0) is 14.3 Å². The van der Waals surface area contributed by atoms with E-state index < -0.39 is 0 Å². The van der Waals surface area contributed by atoms with Gasteiger partial charge >= 0.3 is 5.97 Å². The van der Waals surface area contributed by atoms with Crippen molar-refractivity contribution in [3.63, 3.8) is 0 Å². The summed E-state index contributed by atoms with van der Waals surface area (Å²) in [7, 11) is 0. The van der Waals surface area contributed by atoms with Crippen LogP contribution in [0.1, 0.15) is 44.2 Å². The van der Waals surface area contributed by atoms with Crippen molar-refractivity contribution in [3.05, 3.63) is 35.9 Å². The highest BCUT2D eigenvalue weighted by Crippen LogP contribution is 2.19. The molecule has 0 radical (unpaired) electrons. The molecule has 0 saturated carbocycles. The van der Waals surface area contributed by atoms with Gasteiger partial charge in [-0.25, -0.2) is 0 Å². The van der Waals surface area contributed by atoms with Crippen molar-refractivity contribution in [2.75, 3.05) is 19.7 Å². The second kappa shape index (κ2) is 11.0. The van der Waals surface area contributed by atoms with Gasteiger partial charge in [0.1, 0.15) is 0 Å². The first-order valence-corrected chi connectivity index (χ1v) is 8.39. The van der Waals surface area contributed by atoms with Gasteiger partial charge in [-0.05, 0) is 44.3 Å². The Balaban J connectivity index is 0.00000288. The number of hydrogen-bond acceptors (Lipinski definition) is 4. The molecule has 1 heterocycles. The maximum Gasteiger partial charge on any atom is 0.308 e. The van der Waals surface area contributed by atoms with Crippen molar-refractivity contribution >= 4 is 24.3 Å². The molecule has 0 aliphatic carbocycles. The molecule has 1 amide bonds. The number of halogens is 1. The largest absolute Gasteiger partial charge is 0.466 e. The number of esters is 1. The van der Waals surface area contributed by atoms with E-state index in [0.29, 0.717) is 18.9 Å². The van der Waals surface area contributed by atoms with Gasteiger partial charge in [0.05, 0.1) is 19.1 Å². The molecule has 24 heavy (non-hydrogen) atoms. The summed E-state index contributed by atoms with van der Waals surface area (Å²) in [4.78, 5) is 24.0. The highest BCUT2D eigenvalue weighted by atomic mass is 35.5. The Kier molecular flexibility index (Phi) is 9.42. The summed E-state index contributed by atoms with van der Waals surface area (Å²) in [5, 5.41) is 6.30. The SMILES string of the molecule is CCOC(=O)CC(NC(=O)CCC1CCNC1)c1ccccc1.Cl. The van der Waals surface area contributed by atoms with E-state index in [1.54, 1.807) is 6.92 Å². The second-order valence-corrected chi connectivity index (χ2v) is 5.94. The van der Waals surface area contributed by atoms with E-state index in [0.717, 1.165) is 31.5 Å². The van der Waals surface area contributed by atoms with Gasteiger partial charge in [-0.3, -0.25) is 9.59 Å². The number of carbonyl (C=O) groups is 2. The molecular weight excluding hydrogens is 328 g/mol. The Morgan fingerprint density at radius 2 is 2.08 bits per heavy atom. The molecule has 2 atom stereocenters. The van der Waals surface area contributed by atoms with Crippen LogP contribution in [0.25, 0.3) is 0 Å². The van der Waals surface area contributed by atoms with Gasteiger partial charge < -0.3 is 15.4 Å². The first kappa shape index (κ1) is 20.5. The first-order valence-electron chi connectivity index (χ1n) is 8.39. The molecule has 0 aromatic heterocycles. The predicted octanol–water partition coefficient (Wildman–Crippen LogP) is 2.61. The molecule has 5 nitrogen and oxygen atoms in total. The Labute approximate surface area is 149 Å². The summed E-state index contributed by atoms with van der Waals surface area (Å²) in [5.74, 6) is 0.290. The summed E-state index contributed by atoms with van der Waals surface area (Å²) in [6, 6.07) is 9.24. The van der Waals surface area contributed by atoms with Crippen molar-refractivity contribution in [3.8, 4) is 0 Å². The lowest BCUT2D eigenvalue weighted by Crippen LogP contribution is -2.31. The fraction of sp³-hybridized carbons (Fsp3) is 0.556. The third-order valence-electron chi connectivity index (χ3n) is 4.16. The topological polar surface area (TPSA) is 67.4 Å². The summed E-state index contributed by atoms with van der Waals surface area (Å²) >= 11 is 0. The van der Waals surface area contributed by atoms with Crippen molar-refractivity contribution in [1.82, 2.24) is 10.6 Å². The van der Waals surface area contributed by atoms with Gasteiger partial charge in [0.15, 0.2) is 0 Å². The van der Waals surface area contributed by atoms with Crippen LogP contribution in [0.3, 0.4) is 0 Å². The smallest absolute Gasteiger partial charge is 0.308 e. The molecule has 1 saturated heterocycles. The highest BCUT2D eigenvalue weighted by Gasteiger charge is 2.20. The molecule has 2 rings (SSSR count). The molecular formula is C18H27ClN2O3. The zero-order valence-corrected chi connectivity index (χ0v) is 14.9. The molecule has 1 aliphatic rings. The number of nitrogens with one attached hydrogen (secondary N) is 2. The minimum Gasteiger partial charge on any atom is -0.466 e. The second-order valence-electron chi connectivity index (χ2n) is 5.94. The minimum atomic E-state index is -0.329. The fourth-order valence-corrected chi connectivity index (χ4v) is 2.89. The number of ether oxygens (including phenoxy) is 1. The summed E-state index contributed by atoms with van der Waals surface area (Å²) in [6.45, 7) is 4.17. The van der Waals surface area contributed by atoms with Gasteiger partial charge in [-0.1, -0.05) is 30.3 Å². The number of benzene rings is 1. The quantitative estimate of drug-likeness (QED) is 0.704. The monoisotopic (exact) mass is 354 g/mol. The molecule has 1 aromatic carbocycles. The van der Waals surface area contributed by atoms with Gasteiger partial charge in [-0.15, -0.1) is 12.4 Å². The van der Waals surface area contributed by atoms with Crippen LogP contribution in [0.15, 0.2) is 30.3 Å². The molecule has 0 spiro atoms. The summed E-state index contributed by atoms with van der Waals surface area (Å²) in [5.41, 5.74) is 0.927. The molecule has 1 aromatic rings. The zero-order valence-electron chi connectivity index (χ0n) is 14.1. The van der Waals surface area contributed by atoms with Crippen LogP contribution < -0.4 is 10.6 Å². The van der Waals surface area contributed by atoms with E-state index in [9.17, 15) is 9.59 Å². The third kappa shape index (κ3) is 6.89. The lowest BCUT2D eigenvalue weighted by molar-refractivity contribution is -0.143. The average molecular weight is 355 g/mol. The summed E-state index contributed by atoms with van der Waals surface area (Å²) in [6.07, 6.45) is 2.69. The first-order chi connectivity index (χ1) is 11.2. The van der Waals surface area contributed by atoms with Crippen molar-refractivity contribution in [2.24, 2.45) is 5.92 Å². The third-order valence-corrected chi connectivity index (χ3v) is 4.16. The van der Waals surface area contributed by atoms with Gasteiger partial charge in [0, 0.05) is 6.42 Å². The molecule has 0 bridgehead atoms. The minimum absolute atomic E-state index is 0. The lowest BCUT2D eigenvalue weighted by atomic mass is 10.0. The van der Waals surface area contributed by atoms with Crippen molar-refractivity contribution < 1.29 is 14.3 Å². The summed E-state index contributed by atoms with van der Waals surface area (Å²) < 4.78 is 5.02. The molecule has 134 valence electrons. The van der Waals surface area contributed by atoms with Crippen LogP contribution in [0.2, 0.25) is 0 Å².